The molecule has 0 amide bonds. The molecule has 1 fully saturated rings. The van der Waals surface area contributed by atoms with Crippen molar-refractivity contribution in [1.29, 1.82) is 0 Å². The van der Waals surface area contributed by atoms with E-state index in [9.17, 15) is 13.2 Å². The summed E-state index contributed by atoms with van der Waals surface area (Å²) in [6.07, 6.45) is 0.611. The van der Waals surface area contributed by atoms with E-state index in [0.717, 1.165) is 4.31 Å². The summed E-state index contributed by atoms with van der Waals surface area (Å²) in [6.45, 7) is 7.60. The Bertz CT molecular complexity index is 396. The number of carbonyl (C=O) groups is 1. The molecule has 1 saturated heterocycles. The summed E-state index contributed by atoms with van der Waals surface area (Å²) in [5.41, 5.74) is -0.367. The summed E-state index contributed by atoms with van der Waals surface area (Å²) >= 11 is 0. The van der Waals surface area contributed by atoms with Crippen LogP contribution in [0.15, 0.2) is 0 Å². The van der Waals surface area contributed by atoms with E-state index in [0.29, 0.717) is 13.0 Å². The fraction of sp³-hybridized carbons (Fsp3) is 0.909. The lowest BCUT2D eigenvalue weighted by atomic mass is 10.0. The summed E-state index contributed by atoms with van der Waals surface area (Å²) in [5.74, 6) is -1.19. The maximum Gasteiger partial charge on any atom is 0.322 e. The van der Waals surface area contributed by atoms with Gasteiger partial charge in [0.05, 0.1) is 5.75 Å². The minimum absolute atomic E-state index is 0.0174. The van der Waals surface area contributed by atoms with Crippen molar-refractivity contribution in [1.82, 2.24) is 4.31 Å². The second-order valence-electron chi connectivity index (χ2n) is 5.98. The van der Waals surface area contributed by atoms with Crippen LogP contribution < -0.4 is 0 Å². The Hall–Kier alpha value is -0.620. The highest BCUT2D eigenvalue weighted by molar-refractivity contribution is 7.89. The van der Waals surface area contributed by atoms with E-state index in [1.165, 1.54) is 0 Å². The van der Waals surface area contributed by atoms with Gasteiger partial charge in [-0.15, -0.1) is 0 Å². The van der Waals surface area contributed by atoms with Crippen LogP contribution in [0.2, 0.25) is 0 Å². The Morgan fingerprint density at radius 3 is 2.35 bits per heavy atom. The van der Waals surface area contributed by atoms with Gasteiger partial charge >= 0.3 is 5.97 Å². The van der Waals surface area contributed by atoms with Crippen molar-refractivity contribution in [2.45, 2.75) is 40.2 Å². The molecule has 1 heterocycles. The van der Waals surface area contributed by atoms with E-state index < -0.39 is 22.0 Å². The van der Waals surface area contributed by atoms with Crippen molar-refractivity contribution < 1.29 is 18.3 Å². The zero-order valence-electron chi connectivity index (χ0n) is 10.8. The van der Waals surface area contributed by atoms with Gasteiger partial charge in [-0.2, -0.15) is 4.31 Å². The molecule has 2 atom stereocenters. The van der Waals surface area contributed by atoms with Gasteiger partial charge in [0.2, 0.25) is 10.0 Å². The number of carboxylic acid groups (broad SMARTS) is 1. The van der Waals surface area contributed by atoms with Gasteiger partial charge in [0.1, 0.15) is 6.04 Å². The molecule has 0 radical (unpaired) electrons. The third-order valence-corrected chi connectivity index (χ3v) is 5.23. The number of hydrogen-bond donors (Lipinski definition) is 1. The molecule has 1 N–H and O–H groups in total. The second-order valence-corrected chi connectivity index (χ2v) is 7.90. The molecule has 1 aliphatic rings. The van der Waals surface area contributed by atoms with Crippen LogP contribution >= 0.6 is 0 Å². The third-order valence-electron chi connectivity index (χ3n) is 2.88. The van der Waals surface area contributed by atoms with Crippen molar-refractivity contribution in [2.24, 2.45) is 11.3 Å². The van der Waals surface area contributed by atoms with Crippen molar-refractivity contribution in [3.63, 3.8) is 0 Å². The van der Waals surface area contributed by atoms with Gasteiger partial charge in [0, 0.05) is 6.54 Å². The average molecular weight is 263 g/mol. The number of sulfonamides is 1. The van der Waals surface area contributed by atoms with Gasteiger partial charge in [-0.05, 0) is 17.8 Å². The summed E-state index contributed by atoms with van der Waals surface area (Å²) in [4.78, 5) is 11.1. The quantitative estimate of drug-likeness (QED) is 0.829. The smallest absolute Gasteiger partial charge is 0.322 e. The van der Waals surface area contributed by atoms with Crippen molar-refractivity contribution >= 4 is 16.0 Å². The molecule has 0 saturated carbocycles. The van der Waals surface area contributed by atoms with Gasteiger partial charge in [-0.1, -0.05) is 27.7 Å². The minimum Gasteiger partial charge on any atom is -0.480 e. The lowest BCUT2D eigenvalue weighted by molar-refractivity contribution is -0.141. The van der Waals surface area contributed by atoms with E-state index in [4.69, 9.17) is 5.11 Å². The van der Waals surface area contributed by atoms with Crippen LogP contribution in [0.25, 0.3) is 0 Å². The summed E-state index contributed by atoms with van der Waals surface area (Å²) in [7, 11) is -3.49. The van der Waals surface area contributed by atoms with Crippen molar-refractivity contribution in [3.8, 4) is 0 Å². The predicted molar refractivity (Wildman–Crippen MR) is 65.2 cm³/mol. The number of hydrogen-bond acceptors (Lipinski definition) is 3. The summed E-state index contributed by atoms with van der Waals surface area (Å²) in [6, 6.07) is -0.901. The minimum atomic E-state index is -3.49. The van der Waals surface area contributed by atoms with Crippen LogP contribution in [-0.4, -0.2) is 42.1 Å². The lowest BCUT2D eigenvalue weighted by Gasteiger charge is -2.27. The van der Waals surface area contributed by atoms with Crippen LogP contribution in [-0.2, 0) is 14.8 Å². The second kappa shape index (κ2) is 4.57. The zero-order valence-corrected chi connectivity index (χ0v) is 11.6. The standard InChI is InChI=1S/C11H21NO4S/c1-8-5-6-12(9(8)10(13)14)17(15,16)7-11(2,3)4/h8-9H,5-7H2,1-4H3,(H,13,14). The highest BCUT2D eigenvalue weighted by Gasteiger charge is 2.44. The molecule has 0 spiro atoms. The molecule has 0 aromatic heterocycles. The number of carboxylic acids is 1. The van der Waals surface area contributed by atoms with Gasteiger partial charge in [-0.25, -0.2) is 8.42 Å². The monoisotopic (exact) mass is 263 g/mol. The highest BCUT2D eigenvalue weighted by Crippen LogP contribution is 2.29. The number of nitrogens with zero attached hydrogens (tertiary/aromatic N) is 1. The van der Waals surface area contributed by atoms with Crippen LogP contribution in [0.3, 0.4) is 0 Å². The first-order valence-corrected chi connectivity index (χ1v) is 7.38. The number of aliphatic carboxylic acids is 1. The normalized spacial score (nSPS) is 27.3. The Labute approximate surface area is 103 Å². The van der Waals surface area contributed by atoms with E-state index in [-0.39, 0.29) is 17.1 Å². The summed E-state index contributed by atoms with van der Waals surface area (Å²) in [5, 5.41) is 9.11. The van der Waals surface area contributed by atoms with E-state index in [1.807, 2.05) is 20.8 Å². The molecular formula is C11H21NO4S. The zero-order chi connectivity index (χ0) is 13.4. The van der Waals surface area contributed by atoms with E-state index in [1.54, 1.807) is 6.92 Å². The predicted octanol–water partition coefficient (Wildman–Crippen LogP) is 1.16. The highest BCUT2D eigenvalue weighted by atomic mass is 32.2. The van der Waals surface area contributed by atoms with Gasteiger partial charge < -0.3 is 5.11 Å². The third kappa shape index (κ3) is 3.42. The van der Waals surface area contributed by atoms with Crippen LogP contribution in [0, 0.1) is 11.3 Å². The molecule has 1 aliphatic heterocycles. The SMILES string of the molecule is CC1CCN(S(=O)(=O)CC(C)(C)C)C1C(=O)O. The fourth-order valence-electron chi connectivity index (χ4n) is 2.22. The molecule has 0 aromatic carbocycles. The first-order valence-electron chi connectivity index (χ1n) is 5.77. The first kappa shape index (κ1) is 14.4. The van der Waals surface area contributed by atoms with Gasteiger partial charge in [-0.3, -0.25) is 4.79 Å². The van der Waals surface area contributed by atoms with Crippen molar-refractivity contribution in [2.75, 3.05) is 12.3 Å². The largest absolute Gasteiger partial charge is 0.480 e. The molecule has 0 aromatic rings. The topological polar surface area (TPSA) is 74.7 Å². The molecule has 5 nitrogen and oxygen atoms in total. The van der Waals surface area contributed by atoms with Crippen LogP contribution in [0.4, 0.5) is 0 Å². The molecule has 6 heteroatoms. The first-order chi connectivity index (χ1) is 7.54. The van der Waals surface area contributed by atoms with Crippen molar-refractivity contribution in [3.05, 3.63) is 0 Å². The van der Waals surface area contributed by atoms with Crippen LogP contribution in [0.1, 0.15) is 34.1 Å². The molecule has 2 unspecified atom stereocenters. The molecule has 0 bridgehead atoms. The Kier molecular flexibility index (Phi) is 3.88. The number of rotatable bonds is 3. The molecule has 100 valence electrons. The Morgan fingerprint density at radius 1 is 1.41 bits per heavy atom. The maximum absolute atomic E-state index is 12.2. The molecule has 1 rings (SSSR count). The fourth-order valence-corrected chi connectivity index (χ4v) is 4.51. The molecular weight excluding hydrogens is 242 g/mol. The van der Waals surface area contributed by atoms with E-state index in [2.05, 4.69) is 0 Å². The summed E-state index contributed by atoms with van der Waals surface area (Å²) < 4.78 is 25.5. The Balaban J connectivity index is 2.96. The molecule has 0 aliphatic carbocycles. The van der Waals surface area contributed by atoms with Crippen LogP contribution in [0.5, 0.6) is 0 Å². The lowest BCUT2D eigenvalue weighted by Crippen LogP contribution is -2.45. The molecule has 17 heavy (non-hydrogen) atoms. The maximum atomic E-state index is 12.2. The van der Waals surface area contributed by atoms with E-state index >= 15 is 0 Å². The van der Waals surface area contributed by atoms with Gasteiger partial charge in [0.15, 0.2) is 0 Å². The van der Waals surface area contributed by atoms with Gasteiger partial charge in [0.25, 0.3) is 0 Å². The Morgan fingerprint density at radius 2 is 1.94 bits per heavy atom. The average Bonchev–Trinajstić information content (AvgIpc) is 2.42.